The first kappa shape index (κ1) is 14.2. The molecule has 19 heavy (non-hydrogen) atoms. The van der Waals surface area contributed by atoms with E-state index in [1.165, 1.54) is 31.2 Å². The molecule has 0 heterocycles. The average molecular weight is 261 g/mol. The van der Waals surface area contributed by atoms with Crippen molar-refractivity contribution in [3.8, 4) is 5.75 Å². The highest BCUT2D eigenvalue weighted by atomic mass is 16.5. The molecule has 1 aromatic rings. The standard InChI is InChI=1S/C17H27NO/c1-4-10-19-17-12-14(3)8-9-16(17)18-15-7-5-6-13(2)11-15/h8-9,12-13,15,18H,4-7,10-11H2,1-3H3. The lowest BCUT2D eigenvalue weighted by Crippen LogP contribution is -2.26. The summed E-state index contributed by atoms with van der Waals surface area (Å²) in [5, 5.41) is 3.69. The molecule has 0 spiro atoms. The summed E-state index contributed by atoms with van der Waals surface area (Å²) in [6.45, 7) is 7.41. The highest BCUT2D eigenvalue weighted by molar-refractivity contribution is 5.58. The highest BCUT2D eigenvalue weighted by Gasteiger charge is 2.19. The molecule has 0 radical (unpaired) electrons. The summed E-state index contributed by atoms with van der Waals surface area (Å²) in [6, 6.07) is 7.08. The lowest BCUT2D eigenvalue weighted by atomic mass is 9.87. The lowest BCUT2D eigenvalue weighted by Gasteiger charge is -2.29. The Kier molecular flexibility index (Phi) is 5.12. The summed E-state index contributed by atoms with van der Waals surface area (Å²) in [6.07, 6.45) is 6.33. The van der Waals surface area contributed by atoms with E-state index < -0.39 is 0 Å². The third-order valence-corrected chi connectivity index (χ3v) is 3.89. The van der Waals surface area contributed by atoms with Crippen molar-refractivity contribution in [2.24, 2.45) is 5.92 Å². The number of ether oxygens (including phenoxy) is 1. The molecule has 2 nitrogen and oxygen atoms in total. The van der Waals surface area contributed by atoms with Crippen LogP contribution in [-0.2, 0) is 0 Å². The van der Waals surface area contributed by atoms with Crippen molar-refractivity contribution < 1.29 is 4.74 Å². The van der Waals surface area contributed by atoms with Crippen LogP contribution in [0, 0.1) is 12.8 Å². The summed E-state index contributed by atoms with van der Waals surface area (Å²) in [5.41, 5.74) is 2.42. The largest absolute Gasteiger partial charge is 0.491 e. The summed E-state index contributed by atoms with van der Waals surface area (Å²) in [5.74, 6) is 1.86. The van der Waals surface area contributed by atoms with Gasteiger partial charge in [0, 0.05) is 6.04 Å². The minimum atomic E-state index is 0.607. The Morgan fingerprint density at radius 2 is 2.16 bits per heavy atom. The number of hydrogen-bond acceptors (Lipinski definition) is 2. The molecule has 1 aliphatic carbocycles. The molecule has 0 bridgehead atoms. The van der Waals surface area contributed by atoms with E-state index in [2.05, 4.69) is 44.3 Å². The molecule has 0 aromatic heterocycles. The molecule has 2 atom stereocenters. The van der Waals surface area contributed by atoms with Crippen molar-refractivity contribution in [1.82, 2.24) is 0 Å². The number of benzene rings is 1. The fourth-order valence-corrected chi connectivity index (χ4v) is 2.87. The van der Waals surface area contributed by atoms with E-state index >= 15 is 0 Å². The van der Waals surface area contributed by atoms with Crippen LogP contribution in [0.4, 0.5) is 5.69 Å². The van der Waals surface area contributed by atoms with E-state index in [9.17, 15) is 0 Å². The lowest BCUT2D eigenvalue weighted by molar-refractivity contribution is 0.316. The molecule has 1 N–H and O–H groups in total. The van der Waals surface area contributed by atoms with E-state index in [0.717, 1.165) is 30.4 Å². The van der Waals surface area contributed by atoms with E-state index in [1.807, 2.05) is 0 Å². The molecule has 0 aliphatic heterocycles. The van der Waals surface area contributed by atoms with E-state index in [-0.39, 0.29) is 0 Å². The molecule has 0 saturated heterocycles. The molecule has 106 valence electrons. The van der Waals surface area contributed by atoms with Crippen molar-refractivity contribution in [2.45, 2.75) is 58.9 Å². The molecular formula is C17H27NO. The van der Waals surface area contributed by atoms with Gasteiger partial charge in [0.05, 0.1) is 12.3 Å². The second kappa shape index (κ2) is 6.83. The van der Waals surface area contributed by atoms with Crippen molar-refractivity contribution in [1.29, 1.82) is 0 Å². The average Bonchev–Trinajstić information content (AvgIpc) is 2.39. The Morgan fingerprint density at radius 1 is 1.32 bits per heavy atom. The van der Waals surface area contributed by atoms with Crippen LogP contribution in [0.5, 0.6) is 5.75 Å². The van der Waals surface area contributed by atoms with Crippen molar-refractivity contribution >= 4 is 5.69 Å². The van der Waals surface area contributed by atoms with Gasteiger partial charge in [0.1, 0.15) is 5.75 Å². The second-order valence-electron chi connectivity index (χ2n) is 5.96. The quantitative estimate of drug-likeness (QED) is 0.824. The van der Waals surface area contributed by atoms with Crippen LogP contribution in [0.15, 0.2) is 18.2 Å². The van der Waals surface area contributed by atoms with E-state index in [0.29, 0.717) is 6.04 Å². The highest BCUT2D eigenvalue weighted by Crippen LogP contribution is 2.31. The van der Waals surface area contributed by atoms with Gasteiger partial charge in [-0.15, -0.1) is 0 Å². The van der Waals surface area contributed by atoms with Gasteiger partial charge >= 0.3 is 0 Å². The van der Waals surface area contributed by atoms with Gasteiger partial charge in [0.2, 0.25) is 0 Å². The summed E-state index contributed by atoms with van der Waals surface area (Å²) in [7, 11) is 0. The van der Waals surface area contributed by atoms with Crippen LogP contribution >= 0.6 is 0 Å². The Morgan fingerprint density at radius 3 is 2.89 bits per heavy atom. The number of rotatable bonds is 5. The first-order chi connectivity index (χ1) is 9.19. The smallest absolute Gasteiger partial charge is 0.142 e. The number of hydrogen-bond donors (Lipinski definition) is 1. The van der Waals surface area contributed by atoms with E-state index in [4.69, 9.17) is 4.74 Å². The predicted molar refractivity (Wildman–Crippen MR) is 82.0 cm³/mol. The maximum Gasteiger partial charge on any atom is 0.142 e. The van der Waals surface area contributed by atoms with Crippen molar-refractivity contribution in [3.63, 3.8) is 0 Å². The normalized spacial score (nSPS) is 23.1. The molecule has 2 unspecified atom stereocenters. The molecule has 2 rings (SSSR count). The first-order valence-corrected chi connectivity index (χ1v) is 7.69. The Bertz CT molecular complexity index is 402. The molecule has 1 aromatic carbocycles. The molecule has 1 aliphatic rings. The summed E-state index contributed by atoms with van der Waals surface area (Å²) >= 11 is 0. The van der Waals surface area contributed by atoms with Gasteiger partial charge in [0.25, 0.3) is 0 Å². The molecule has 1 saturated carbocycles. The third-order valence-electron chi connectivity index (χ3n) is 3.89. The number of aryl methyl sites for hydroxylation is 1. The summed E-state index contributed by atoms with van der Waals surface area (Å²) < 4.78 is 5.87. The zero-order chi connectivity index (χ0) is 13.7. The van der Waals surface area contributed by atoms with Crippen LogP contribution in [0.25, 0.3) is 0 Å². The fourth-order valence-electron chi connectivity index (χ4n) is 2.87. The van der Waals surface area contributed by atoms with Crippen LogP contribution < -0.4 is 10.1 Å². The topological polar surface area (TPSA) is 21.3 Å². The zero-order valence-corrected chi connectivity index (χ0v) is 12.5. The van der Waals surface area contributed by atoms with E-state index in [1.54, 1.807) is 0 Å². The zero-order valence-electron chi connectivity index (χ0n) is 12.5. The monoisotopic (exact) mass is 261 g/mol. The van der Waals surface area contributed by atoms with Gasteiger partial charge in [-0.1, -0.05) is 32.8 Å². The first-order valence-electron chi connectivity index (χ1n) is 7.69. The van der Waals surface area contributed by atoms with Gasteiger partial charge in [-0.3, -0.25) is 0 Å². The predicted octanol–water partition coefficient (Wildman–Crippen LogP) is 4.77. The van der Waals surface area contributed by atoms with Crippen LogP contribution in [0.2, 0.25) is 0 Å². The van der Waals surface area contributed by atoms with Gasteiger partial charge in [-0.2, -0.15) is 0 Å². The minimum Gasteiger partial charge on any atom is -0.491 e. The van der Waals surface area contributed by atoms with Crippen LogP contribution in [-0.4, -0.2) is 12.6 Å². The van der Waals surface area contributed by atoms with Crippen LogP contribution in [0.3, 0.4) is 0 Å². The third kappa shape index (κ3) is 4.15. The molecular weight excluding hydrogens is 234 g/mol. The Hall–Kier alpha value is -1.18. The second-order valence-corrected chi connectivity index (χ2v) is 5.96. The fraction of sp³-hybridized carbons (Fsp3) is 0.647. The number of anilines is 1. The van der Waals surface area contributed by atoms with Gasteiger partial charge in [-0.05, 0) is 49.8 Å². The van der Waals surface area contributed by atoms with Gasteiger partial charge < -0.3 is 10.1 Å². The Labute approximate surface area is 117 Å². The SMILES string of the molecule is CCCOc1cc(C)ccc1NC1CCCC(C)C1. The maximum atomic E-state index is 5.87. The molecule has 0 amide bonds. The minimum absolute atomic E-state index is 0.607. The number of nitrogens with one attached hydrogen (secondary N) is 1. The van der Waals surface area contributed by atoms with Crippen LogP contribution in [0.1, 0.15) is 51.5 Å². The summed E-state index contributed by atoms with van der Waals surface area (Å²) in [4.78, 5) is 0. The van der Waals surface area contributed by atoms with Crippen molar-refractivity contribution in [3.05, 3.63) is 23.8 Å². The van der Waals surface area contributed by atoms with Gasteiger partial charge in [0.15, 0.2) is 0 Å². The van der Waals surface area contributed by atoms with Gasteiger partial charge in [-0.25, -0.2) is 0 Å². The molecule has 2 heteroatoms. The van der Waals surface area contributed by atoms with Crippen molar-refractivity contribution in [2.75, 3.05) is 11.9 Å². The maximum absolute atomic E-state index is 5.87. The Balaban J connectivity index is 2.05. The molecule has 1 fully saturated rings.